The molecule has 0 aliphatic carbocycles. The van der Waals surface area contributed by atoms with Gasteiger partial charge in [-0.1, -0.05) is 0 Å². The Bertz CT molecular complexity index is 546. The molecule has 1 atom stereocenters. The zero-order chi connectivity index (χ0) is 13.8. The second-order valence-corrected chi connectivity index (χ2v) is 5.14. The normalized spacial score (nSPS) is 12.4. The van der Waals surface area contributed by atoms with Gasteiger partial charge in [0.2, 0.25) is 11.8 Å². The molecule has 2 aromatic rings. The Morgan fingerprint density at radius 3 is 3.05 bits per heavy atom. The molecule has 2 aromatic heterocycles. The van der Waals surface area contributed by atoms with Gasteiger partial charge in [-0.3, -0.25) is 4.79 Å². The third kappa shape index (κ3) is 3.65. The predicted octanol–water partition coefficient (Wildman–Crippen LogP) is 1.75. The highest BCUT2D eigenvalue weighted by Gasteiger charge is 2.14. The van der Waals surface area contributed by atoms with Crippen LogP contribution >= 0.6 is 11.3 Å². The van der Waals surface area contributed by atoms with E-state index in [1.807, 2.05) is 16.8 Å². The largest absolute Gasteiger partial charge is 0.441 e. The van der Waals surface area contributed by atoms with E-state index < -0.39 is 6.10 Å². The molecule has 2 rings (SSSR count). The van der Waals surface area contributed by atoms with E-state index in [1.54, 1.807) is 25.2 Å². The molecule has 0 saturated carbocycles. The lowest BCUT2D eigenvalue weighted by Gasteiger charge is -2.05. The maximum Gasteiger partial charge on any atom is 0.227 e. The molecule has 0 saturated heterocycles. The number of aliphatic hydroxyl groups is 1. The van der Waals surface area contributed by atoms with Crippen molar-refractivity contribution >= 4 is 17.2 Å². The minimum absolute atomic E-state index is 0.159. The van der Waals surface area contributed by atoms with Crippen LogP contribution in [-0.2, 0) is 11.2 Å². The van der Waals surface area contributed by atoms with E-state index >= 15 is 0 Å². The molecule has 0 aliphatic rings. The van der Waals surface area contributed by atoms with Gasteiger partial charge < -0.3 is 14.8 Å². The van der Waals surface area contributed by atoms with Crippen molar-refractivity contribution in [3.8, 4) is 11.5 Å². The Balaban J connectivity index is 2.03. The van der Waals surface area contributed by atoms with Gasteiger partial charge >= 0.3 is 0 Å². The third-order valence-corrected chi connectivity index (χ3v) is 3.27. The zero-order valence-electron chi connectivity index (χ0n) is 10.8. The molecule has 1 unspecified atom stereocenters. The minimum Gasteiger partial charge on any atom is -0.441 e. The van der Waals surface area contributed by atoms with Gasteiger partial charge in [0.15, 0.2) is 0 Å². The fraction of sp³-hybridized carbons (Fsp3) is 0.385. The summed E-state index contributed by atoms with van der Waals surface area (Å²) in [4.78, 5) is 16.0. The molecule has 2 N–H and O–H groups in total. The monoisotopic (exact) mass is 280 g/mol. The van der Waals surface area contributed by atoms with E-state index in [0.29, 0.717) is 17.3 Å². The summed E-state index contributed by atoms with van der Waals surface area (Å²) in [5.41, 5.74) is 1.55. The highest BCUT2D eigenvalue weighted by Crippen LogP contribution is 2.23. The topological polar surface area (TPSA) is 75.4 Å². The summed E-state index contributed by atoms with van der Waals surface area (Å²) in [6.45, 7) is 3.66. The number of oxazole rings is 1. The first-order valence-electron chi connectivity index (χ1n) is 6.00. The number of hydrogen-bond donors (Lipinski definition) is 2. The van der Waals surface area contributed by atoms with E-state index in [1.165, 1.54) is 0 Å². The van der Waals surface area contributed by atoms with Gasteiger partial charge in [0.05, 0.1) is 18.2 Å². The van der Waals surface area contributed by atoms with Gasteiger partial charge in [0.25, 0.3) is 0 Å². The van der Waals surface area contributed by atoms with E-state index in [0.717, 1.165) is 5.56 Å². The number of nitrogens with one attached hydrogen (secondary N) is 1. The third-order valence-electron chi connectivity index (χ3n) is 2.58. The summed E-state index contributed by atoms with van der Waals surface area (Å²) < 4.78 is 5.55. The minimum atomic E-state index is -0.552. The Morgan fingerprint density at radius 1 is 1.63 bits per heavy atom. The van der Waals surface area contributed by atoms with Gasteiger partial charge in [-0.25, -0.2) is 4.98 Å². The van der Waals surface area contributed by atoms with Crippen LogP contribution in [0.3, 0.4) is 0 Å². The average Bonchev–Trinajstić information content (AvgIpc) is 2.97. The van der Waals surface area contributed by atoms with Crippen LogP contribution in [0.15, 0.2) is 21.2 Å². The summed E-state index contributed by atoms with van der Waals surface area (Å²) >= 11 is 1.57. The van der Waals surface area contributed by atoms with Crippen LogP contribution in [0.25, 0.3) is 11.5 Å². The second-order valence-electron chi connectivity index (χ2n) is 4.36. The van der Waals surface area contributed by atoms with Crippen molar-refractivity contribution in [3.05, 3.63) is 28.3 Å². The molecule has 19 heavy (non-hydrogen) atoms. The van der Waals surface area contributed by atoms with Gasteiger partial charge in [-0.05, 0) is 25.3 Å². The molecule has 0 aliphatic heterocycles. The standard InChI is InChI=1S/C13H16N2O3S/c1-8(16)6-14-12(17)5-11-9(2)18-13(15-11)10-3-4-19-7-10/h3-4,7-8,16H,5-6H2,1-2H3,(H,14,17). The number of nitrogens with zero attached hydrogens (tertiary/aromatic N) is 1. The lowest BCUT2D eigenvalue weighted by atomic mass is 10.2. The Morgan fingerprint density at radius 2 is 2.42 bits per heavy atom. The first-order chi connectivity index (χ1) is 9.06. The lowest BCUT2D eigenvalue weighted by molar-refractivity contribution is -0.120. The number of aliphatic hydroxyl groups excluding tert-OH is 1. The van der Waals surface area contributed by atoms with E-state index in [9.17, 15) is 4.79 Å². The first-order valence-corrected chi connectivity index (χ1v) is 6.94. The van der Waals surface area contributed by atoms with Crippen LogP contribution in [0.2, 0.25) is 0 Å². The number of thiophene rings is 1. The highest BCUT2D eigenvalue weighted by atomic mass is 32.1. The highest BCUT2D eigenvalue weighted by molar-refractivity contribution is 7.08. The maximum absolute atomic E-state index is 11.7. The van der Waals surface area contributed by atoms with E-state index in [4.69, 9.17) is 9.52 Å². The van der Waals surface area contributed by atoms with Crippen molar-refractivity contribution in [2.75, 3.05) is 6.54 Å². The molecule has 0 spiro atoms. The summed E-state index contributed by atoms with van der Waals surface area (Å²) in [5.74, 6) is 1.01. The van der Waals surface area contributed by atoms with Gasteiger partial charge in [-0.15, -0.1) is 0 Å². The molecular weight excluding hydrogens is 264 g/mol. The number of aryl methyl sites for hydroxylation is 1. The summed E-state index contributed by atoms with van der Waals surface area (Å²) in [6.07, 6.45) is -0.393. The maximum atomic E-state index is 11.7. The van der Waals surface area contributed by atoms with Crippen LogP contribution in [0.4, 0.5) is 0 Å². The smallest absolute Gasteiger partial charge is 0.227 e. The molecule has 0 radical (unpaired) electrons. The number of aromatic nitrogens is 1. The quantitative estimate of drug-likeness (QED) is 0.875. The predicted molar refractivity (Wildman–Crippen MR) is 72.9 cm³/mol. The summed E-state index contributed by atoms with van der Waals surface area (Å²) in [7, 11) is 0. The average molecular weight is 280 g/mol. The van der Waals surface area contributed by atoms with Gasteiger partial charge in [-0.2, -0.15) is 11.3 Å². The number of carbonyl (C=O) groups is 1. The van der Waals surface area contributed by atoms with Crippen LogP contribution in [0.1, 0.15) is 18.4 Å². The van der Waals surface area contributed by atoms with Crippen molar-refractivity contribution in [3.63, 3.8) is 0 Å². The molecule has 102 valence electrons. The zero-order valence-corrected chi connectivity index (χ0v) is 11.7. The molecule has 0 bridgehead atoms. The Kier molecular flexibility index (Phi) is 4.34. The Hall–Kier alpha value is -1.66. The SMILES string of the molecule is Cc1oc(-c2ccsc2)nc1CC(=O)NCC(C)O. The van der Waals surface area contributed by atoms with Crippen molar-refractivity contribution in [2.45, 2.75) is 26.4 Å². The van der Waals surface area contributed by atoms with Crippen LogP contribution in [0.5, 0.6) is 0 Å². The van der Waals surface area contributed by atoms with Crippen molar-refractivity contribution in [1.29, 1.82) is 0 Å². The van der Waals surface area contributed by atoms with Gasteiger partial charge in [0, 0.05) is 17.5 Å². The Labute approximate surface area is 115 Å². The van der Waals surface area contributed by atoms with Crippen LogP contribution in [0, 0.1) is 6.92 Å². The molecule has 5 nitrogen and oxygen atoms in total. The summed E-state index contributed by atoms with van der Waals surface area (Å²) in [5, 5.41) is 15.6. The molecular formula is C13H16N2O3S. The fourth-order valence-electron chi connectivity index (χ4n) is 1.58. The molecule has 2 heterocycles. The number of hydrogen-bond acceptors (Lipinski definition) is 5. The van der Waals surface area contributed by atoms with Crippen molar-refractivity contribution in [2.24, 2.45) is 0 Å². The fourth-order valence-corrected chi connectivity index (χ4v) is 2.21. The lowest BCUT2D eigenvalue weighted by Crippen LogP contribution is -2.31. The van der Waals surface area contributed by atoms with Crippen molar-refractivity contribution < 1.29 is 14.3 Å². The number of carbonyl (C=O) groups excluding carboxylic acids is 1. The van der Waals surface area contributed by atoms with Crippen LogP contribution < -0.4 is 5.32 Å². The number of amides is 1. The van der Waals surface area contributed by atoms with Gasteiger partial charge in [0.1, 0.15) is 5.76 Å². The second kappa shape index (κ2) is 5.99. The molecule has 1 amide bonds. The van der Waals surface area contributed by atoms with Crippen LogP contribution in [-0.4, -0.2) is 28.6 Å². The van der Waals surface area contributed by atoms with E-state index in [-0.39, 0.29) is 18.9 Å². The first kappa shape index (κ1) is 13.8. The molecule has 6 heteroatoms. The number of rotatable bonds is 5. The van der Waals surface area contributed by atoms with Crippen molar-refractivity contribution in [1.82, 2.24) is 10.3 Å². The van der Waals surface area contributed by atoms with E-state index in [2.05, 4.69) is 10.3 Å². The molecule has 0 aromatic carbocycles. The summed E-state index contributed by atoms with van der Waals surface area (Å²) in [6, 6.07) is 1.92. The molecule has 0 fully saturated rings.